The quantitative estimate of drug-likeness (QED) is 0.484. The van der Waals surface area contributed by atoms with Gasteiger partial charge in [-0.2, -0.15) is 10.2 Å². The normalized spacial score (nSPS) is 12.4. The maximum absolute atomic E-state index is 12.8. The second-order valence-electron chi connectivity index (χ2n) is 8.18. The Morgan fingerprint density at radius 2 is 1.94 bits per heavy atom. The molecule has 4 rings (SSSR count). The average molecular weight is 418 g/mol. The fourth-order valence-corrected chi connectivity index (χ4v) is 3.62. The van der Waals surface area contributed by atoms with E-state index in [4.69, 9.17) is 0 Å². The lowest BCUT2D eigenvalue weighted by molar-refractivity contribution is 0.0890. The molecule has 0 bridgehead atoms. The maximum Gasteiger partial charge on any atom is 0.272 e. The summed E-state index contributed by atoms with van der Waals surface area (Å²) in [5, 5.41) is 21.1. The molecule has 0 aliphatic rings. The molecule has 160 valence electrons. The van der Waals surface area contributed by atoms with Crippen LogP contribution >= 0.6 is 0 Å². The van der Waals surface area contributed by atoms with Crippen LogP contribution in [0.4, 0.5) is 0 Å². The van der Waals surface area contributed by atoms with Gasteiger partial charge in [0.25, 0.3) is 5.91 Å². The summed E-state index contributed by atoms with van der Waals surface area (Å²) in [7, 11) is 1.90. The van der Waals surface area contributed by atoms with E-state index in [-0.39, 0.29) is 24.5 Å². The first-order valence-corrected chi connectivity index (χ1v) is 10.4. The van der Waals surface area contributed by atoms with E-state index in [1.165, 1.54) is 0 Å². The molecule has 0 aliphatic heterocycles. The number of aliphatic hydroxyl groups excluding tert-OH is 1. The van der Waals surface area contributed by atoms with Crippen LogP contribution in [0.2, 0.25) is 0 Å². The Morgan fingerprint density at radius 3 is 2.58 bits per heavy atom. The summed E-state index contributed by atoms with van der Waals surface area (Å²) < 4.78 is 3.52. The number of nitrogens with zero attached hydrogens (tertiary/aromatic N) is 4. The van der Waals surface area contributed by atoms with Crippen LogP contribution in [0.5, 0.6) is 0 Å². The largest absolute Gasteiger partial charge is 0.394 e. The van der Waals surface area contributed by atoms with Gasteiger partial charge in [-0.1, -0.05) is 38.1 Å². The zero-order chi connectivity index (χ0) is 22.0. The molecule has 2 N–H and O–H groups in total. The number of carbonyl (C=O) groups is 1. The number of amides is 1. The molecule has 1 unspecified atom stereocenters. The zero-order valence-corrected chi connectivity index (χ0v) is 18.0. The molecular weight excluding hydrogens is 390 g/mol. The van der Waals surface area contributed by atoms with Gasteiger partial charge in [0.2, 0.25) is 0 Å². The predicted octanol–water partition coefficient (Wildman–Crippen LogP) is 3.07. The van der Waals surface area contributed by atoms with E-state index in [9.17, 15) is 9.90 Å². The average Bonchev–Trinajstić information content (AvgIpc) is 3.41. The van der Waals surface area contributed by atoms with Crippen LogP contribution in [0, 0.1) is 5.92 Å². The van der Waals surface area contributed by atoms with Gasteiger partial charge in [0, 0.05) is 25.0 Å². The molecule has 3 heterocycles. The molecular formula is C24H27N5O2. The molecule has 1 aromatic carbocycles. The van der Waals surface area contributed by atoms with Crippen molar-refractivity contribution in [3.63, 3.8) is 0 Å². The number of hydrogen-bond acceptors (Lipinski definition) is 4. The van der Waals surface area contributed by atoms with Gasteiger partial charge in [-0.25, -0.2) is 4.52 Å². The summed E-state index contributed by atoms with van der Waals surface area (Å²) in [5.74, 6) is -0.154. The van der Waals surface area contributed by atoms with Crippen LogP contribution in [0.1, 0.15) is 35.5 Å². The Bertz CT molecular complexity index is 1190. The van der Waals surface area contributed by atoms with Crippen molar-refractivity contribution in [2.75, 3.05) is 6.61 Å². The van der Waals surface area contributed by atoms with Gasteiger partial charge in [-0.05, 0) is 47.2 Å². The lowest BCUT2D eigenvalue weighted by atomic mass is 10.0. The third-order valence-corrected chi connectivity index (χ3v) is 5.52. The predicted molar refractivity (Wildman–Crippen MR) is 120 cm³/mol. The van der Waals surface area contributed by atoms with Crippen molar-refractivity contribution in [2.45, 2.75) is 26.3 Å². The third kappa shape index (κ3) is 4.51. The zero-order valence-electron chi connectivity index (χ0n) is 18.0. The molecule has 0 fully saturated rings. The highest BCUT2D eigenvalue weighted by atomic mass is 16.3. The van der Waals surface area contributed by atoms with E-state index in [0.717, 1.165) is 27.8 Å². The van der Waals surface area contributed by atoms with Gasteiger partial charge in [-0.3, -0.25) is 9.48 Å². The smallest absolute Gasteiger partial charge is 0.272 e. The summed E-state index contributed by atoms with van der Waals surface area (Å²) in [4.78, 5) is 12.8. The monoisotopic (exact) mass is 417 g/mol. The van der Waals surface area contributed by atoms with Crippen molar-refractivity contribution < 1.29 is 9.90 Å². The number of fused-ring (bicyclic) bond motifs is 1. The summed E-state index contributed by atoms with van der Waals surface area (Å²) in [6, 6.07) is 13.8. The van der Waals surface area contributed by atoms with Crippen molar-refractivity contribution in [2.24, 2.45) is 13.0 Å². The number of aromatic nitrogens is 4. The standard InChI is InChI=1S/C24H27N5O2/c1-16(2)22(15-30)26-24(31)21-12-19(23-5-4-10-29(23)27-21)11-17-6-8-18(9-7-17)20-13-25-28(3)14-20/h4-10,12-14,16,22,30H,11,15H2,1-3H3,(H,26,31). The number of hydrogen-bond donors (Lipinski definition) is 2. The Hall–Kier alpha value is -3.45. The summed E-state index contributed by atoms with van der Waals surface area (Å²) in [6.45, 7) is 3.82. The van der Waals surface area contributed by atoms with Crippen LogP contribution in [0.15, 0.2) is 61.1 Å². The van der Waals surface area contributed by atoms with Crippen molar-refractivity contribution in [3.8, 4) is 11.1 Å². The molecule has 0 spiro atoms. The Morgan fingerprint density at radius 1 is 1.16 bits per heavy atom. The molecule has 4 aromatic rings. The number of aliphatic hydroxyl groups is 1. The minimum atomic E-state index is -0.307. The topological polar surface area (TPSA) is 84.5 Å². The van der Waals surface area contributed by atoms with Crippen molar-refractivity contribution in [1.29, 1.82) is 0 Å². The maximum atomic E-state index is 12.8. The molecule has 0 saturated heterocycles. The van der Waals surface area contributed by atoms with Gasteiger partial charge >= 0.3 is 0 Å². The molecule has 1 atom stereocenters. The lowest BCUT2D eigenvalue weighted by Gasteiger charge is -2.19. The fraction of sp³-hybridized carbons (Fsp3) is 0.292. The SMILES string of the molecule is CC(C)C(CO)NC(=O)c1cc(Cc2ccc(-c3cnn(C)c3)cc2)c2cccn2n1. The van der Waals surface area contributed by atoms with Crippen molar-refractivity contribution in [1.82, 2.24) is 24.7 Å². The number of carbonyl (C=O) groups excluding carboxylic acids is 1. The highest BCUT2D eigenvalue weighted by Gasteiger charge is 2.19. The molecule has 31 heavy (non-hydrogen) atoms. The molecule has 0 saturated carbocycles. The molecule has 7 heteroatoms. The number of nitrogens with one attached hydrogen (secondary N) is 1. The van der Waals surface area contributed by atoms with Crippen LogP contribution in [0.3, 0.4) is 0 Å². The lowest BCUT2D eigenvalue weighted by Crippen LogP contribution is -2.41. The number of benzene rings is 1. The van der Waals surface area contributed by atoms with Gasteiger partial charge in [0.15, 0.2) is 0 Å². The van der Waals surface area contributed by atoms with Gasteiger partial charge in [0.05, 0.1) is 24.4 Å². The van der Waals surface area contributed by atoms with Gasteiger partial charge in [0.1, 0.15) is 5.69 Å². The van der Waals surface area contributed by atoms with E-state index >= 15 is 0 Å². The van der Waals surface area contributed by atoms with E-state index < -0.39 is 0 Å². The molecule has 1 amide bonds. The van der Waals surface area contributed by atoms with E-state index in [2.05, 4.69) is 39.8 Å². The summed E-state index contributed by atoms with van der Waals surface area (Å²) in [5.41, 5.74) is 5.66. The Kier molecular flexibility index (Phi) is 5.86. The van der Waals surface area contributed by atoms with Gasteiger partial charge < -0.3 is 10.4 Å². The fourth-order valence-electron chi connectivity index (χ4n) is 3.62. The first-order chi connectivity index (χ1) is 14.9. The first-order valence-electron chi connectivity index (χ1n) is 10.4. The van der Waals surface area contributed by atoms with Crippen LogP contribution in [0.25, 0.3) is 16.6 Å². The highest BCUT2D eigenvalue weighted by Crippen LogP contribution is 2.22. The second-order valence-corrected chi connectivity index (χ2v) is 8.18. The molecule has 0 aliphatic carbocycles. The van der Waals surface area contributed by atoms with E-state index in [1.54, 1.807) is 9.20 Å². The Balaban J connectivity index is 1.60. The van der Waals surface area contributed by atoms with E-state index in [1.807, 2.05) is 57.7 Å². The Labute approximate surface area is 181 Å². The van der Waals surface area contributed by atoms with E-state index in [0.29, 0.717) is 12.1 Å². The van der Waals surface area contributed by atoms with Crippen molar-refractivity contribution >= 4 is 11.4 Å². The second kappa shape index (κ2) is 8.73. The molecule has 0 radical (unpaired) electrons. The van der Waals surface area contributed by atoms with Crippen molar-refractivity contribution in [3.05, 3.63) is 77.9 Å². The van der Waals surface area contributed by atoms with Crippen LogP contribution in [-0.4, -0.2) is 43.1 Å². The summed E-state index contributed by atoms with van der Waals surface area (Å²) >= 11 is 0. The van der Waals surface area contributed by atoms with Gasteiger partial charge in [-0.15, -0.1) is 0 Å². The molecule has 3 aromatic heterocycles. The van der Waals surface area contributed by atoms with Crippen LogP contribution < -0.4 is 5.32 Å². The molecule has 7 nitrogen and oxygen atoms in total. The number of aryl methyl sites for hydroxylation is 1. The minimum Gasteiger partial charge on any atom is -0.394 e. The first kappa shape index (κ1) is 20.8. The minimum absolute atomic E-state index is 0.106. The van der Waals surface area contributed by atoms with Crippen LogP contribution in [-0.2, 0) is 13.5 Å². The third-order valence-electron chi connectivity index (χ3n) is 5.52. The number of rotatable bonds is 7. The summed E-state index contributed by atoms with van der Waals surface area (Å²) in [6.07, 6.45) is 6.36. The highest BCUT2D eigenvalue weighted by molar-refractivity contribution is 5.93.